The maximum Gasteiger partial charge on any atom is 0.244 e. The molecule has 1 fully saturated rings. The van der Waals surface area contributed by atoms with Gasteiger partial charge in [-0.3, -0.25) is 9.78 Å². The number of aromatic nitrogens is 2. The lowest BCUT2D eigenvalue weighted by Crippen LogP contribution is -2.38. The molecular weight excluding hydrogens is 308 g/mol. The van der Waals surface area contributed by atoms with Gasteiger partial charge in [-0.05, 0) is 36.3 Å². The molecule has 0 radical (unpaired) electrons. The van der Waals surface area contributed by atoms with Gasteiger partial charge < -0.3 is 10.2 Å². The van der Waals surface area contributed by atoms with Crippen LogP contribution < -0.4 is 10.2 Å². The maximum absolute atomic E-state index is 11.8. The molecule has 1 aliphatic heterocycles. The zero-order valence-corrected chi connectivity index (χ0v) is 13.7. The minimum atomic E-state index is -0.0187. The lowest BCUT2D eigenvalue weighted by atomic mass is 9.97. The highest BCUT2D eigenvalue weighted by molar-refractivity contribution is 7.10. The van der Waals surface area contributed by atoms with E-state index in [2.05, 4.69) is 20.2 Å². The number of hydrogen-bond acceptors (Lipinski definition) is 5. The molecule has 3 rings (SSSR count). The van der Waals surface area contributed by atoms with Gasteiger partial charge in [0, 0.05) is 43.0 Å². The van der Waals surface area contributed by atoms with E-state index in [0.717, 1.165) is 43.2 Å². The lowest BCUT2D eigenvalue weighted by Gasteiger charge is -2.32. The molecule has 0 aliphatic carbocycles. The number of carbonyl (C=O) groups is 1. The van der Waals surface area contributed by atoms with Crippen LogP contribution in [-0.4, -0.2) is 35.5 Å². The molecule has 0 aromatic carbocycles. The molecule has 0 unspecified atom stereocenters. The van der Waals surface area contributed by atoms with Crippen LogP contribution in [0, 0.1) is 5.92 Å². The van der Waals surface area contributed by atoms with Gasteiger partial charge in [-0.15, -0.1) is 11.3 Å². The van der Waals surface area contributed by atoms with Crippen LogP contribution in [0.4, 0.5) is 5.82 Å². The van der Waals surface area contributed by atoms with Crippen molar-refractivity contribution in [1.82, 2.24) is 15.3 Å². The third-order valence-electron chi connectivity index (χ3n) is 4.00. The maximum atomic E-state index is 11.8. The molecule has 1 N–H and O–H groups in total. The van der Waals surface area contributed by atoms with Gasteiger partial charge in [-0.25, -0.2) is 4.98 Å². The van der Waals surface area contributed by atoms with Crippen molar-refractivity contribution in [3.8, 4) is 0 Å². The van der Waals surface area contributed by atoms with E-state index >= 15 is 0 Å². The second kappa shape index (κ2) is 7.87. The molecule has 0 saturated carbocycles. The largest absolute Gasteiger partial charge is 0.355 e. The van der Waals surface area contributed by atoms with E-state index in [-0.39, 0.29) is 5.91 Å². The van der Waals surface area contributed by atoms with Crippen LogP contribution in [0.15, 0.2) is 42.2 Å². The van der Waals surface area contributed by atoms with Crippen molar-refractivity contribution in [2.75, 3.05) is 24.5 Å². The third kappa shape index (κ3) is 4.63. The Morgan fingerprint density at radius 2 is 2.26 bits per heavy atom. The van der Waals surface area contributed by atoms with Crippen LogP contribution in [0.3, 0.4) is 0 Å². The summed E-state index contributed by atoms with van der Waals surface area (Å²) in [6.45, 7) is 2.66. The van der Waals surface area contributed by atoms with Crippen molar-refractivity contribution < 1.29 is 4.79 Å². The Bertz CT molecular complexity index is 634. The van der Waals surface area contributed by atoms with Gasteiger partial charge in [0.15, 0.2) is 0 Å². The van der Waals surface area contributed by atoms with Gasteiger partial charge in [0.25, 0.3) is 0 Å². The summed E-state index contributed by atoms with van der Waals surface area (Å²) < 4.78 is 0. The highest BCUT2D eigenvalue weighted by atomic mass is 32.1. The van der Waals surface area contributed by atoms with E-state index in [1.807, 2.05) is 23.6 Å². The monoisotopic (exact) mass is 328 g/mol. The summed E-state index contributed by atoms with van der Waals surface area (Å²) in [4.78, 5) is 23.6. The fourth-order valence-electron chi connectivity index (χ4n) is 2.67. The first-order valence-electron chi connectivity index (χ1n) is 7.81. The van der Waals surface area contributed by atoms with E-state index in [1.165, 1.54) is 0 Å². The van der Waals surface area contributed by atoms with Crippen molar-refractivity contribution in [3.63, 3.8) is 0 Å². The number of anilines is 1. The van der Waals surface area contributed by atoms with Gasteiger partial charge >= 0.3 is 0 Å². The standard InChI is InChI=1S/C17H20N4OS/c22-17(4-3-15-2-1-11-23-15)20-12-14-5-9-21(10-6-14)16-13-18-7-8-19-16/h1-4,7-8,11,13-14H,5-6,9-10,12H2,(H,20,22)/b4-3+. The molecule has 23 heavy (non-hydrogen) atoms. The second-order valence-corrected chi connectivity index (χ2v) is 6.57. The van der Waals surface area contributed by atoms with E-state index in [0.29, 0.717) is 5.92 Å². The average Bonchev–Trinajstić information content (AvgIpc) is 3.13. The minimum Gasteiger partial charge on any atom is -0.355 e. The second-order valence-electron chi connectivity index (χ2n) is 5.59. The highest BCUT2D eigenvalue weighted by Crippen LogP contribution is 2.20. The Labute approximate surface area is 140 Å². The molecule has 1 saturated heterocycles. The molecule has 120 valence electrons. The first kappa shape index (κ1) is 15.7. The zero-order valence-electron chi connectivity index (χ0n) is 12.9. The number of hydrogen-bond donors (Lipinski definition) is 1. The number of piperidine rings is 1. The Balaban J connectivity index is 1.40. The molecule has 1 amide bonds. The number of thiophene rings is 1. The number of carbonyl (C=O) groups excluding carboxylic acids is 1. The Kier molecular flexibility index (Phi) is 5.37. The zero-order chi connectivity index (χ0) is 15.9. The van der Waals surface area contributed by atoms with E-state index < -0.39 is 0 Å². The van der Waals surface area contributed by atoms with Crippen molar-refractivity contribution in [3.05, 3.63) is 47.1 Å². The average molecular weight is 328 g/mol. The third-order valence-corrected chi connectivity index (χ3v) is 4.83. The molecule has 6 heteroatoms. The summed E-state index contributed by atoms with van der Waals surface area (Å²) in [6, 6.07) is 3.98. The smallest absolute Gasteiger partial charge is 0.244 e. The fourth-order valence-corrected chi connectivity index (χ4v) is 3.29. The quantitative estimate of drug-likeness (QED) is 0.857. The fraction of sp³-hybridized carbons (Fsp3) is 0.353. The number of amides is 1. The summed E-state index contributed by atoms with van der Waals surface area (Å²) in [5.41, 5.74) is 0. The van der Waals surface area contributed by atoms with Crippen LogP contribution >= 0.6 is 11.3 Å². The minimum absolute atomic E-state index is 0.0187. The van der Waals surface area contributed by atoms with Gasteiger partial charge in [0.1, 0.15) is 5.82 Å². The van der Waals surface area contributed by atoms with Crippen LogP contribution in [0.5, 0.6) is 0 Å². The Morgan fingerprint density at radius 3 is 2.96 bits per heavy atom. The number of rotatable bonds is 5. The highest BCUT2D eigenvalue weighted by Gasteiger charge is 2.20. The molecule has 2 aromatic rings. The molecule has 3 heterocycles. The molecular formula is C17H20N4OS. The predicted octanol–water partition coefficient (Wildman–Crippen LogP) is 2.58. The van der Waals surface area contributed by atoms with Crippen LogP contribution in [0.25, 0.3) is 6.08 Å². The van der Waals surface area contributed by atoms with Gasteiger partial charge in [0.05, 0.1) is 6.20 Å². The van der Waals surface area contributed by atoms with Crippen molar-refractivity contribution in [2.24, 2.45) is 5.92 Å². The Hall–Kier alpha value is -2.21. The van der Waals surface area contributed by atoms with Gasteiger partial charge in [0.2, 0.25) is 5.91 Å². The molecule has 2 aromatic heterocycles. The molecule has 5 nitrogen and oxygen atoms in total. The summed E-state index contributed by atoms with van der Waals surface area (Å²) in [5.74, 6) is 1.45. The summed E-state index contributed by atoms with van der Waals surface area (Å²) in [7, 11) is 0. The topological polar surface area (TPSA) is 58.1 Å². The Morgan fingerprint density at radius 1 is 1.39 bits per heavy atom. The van der Waals surface area contributed by atoms with Gasteiger partial charge in [-0.2, -0.15) is 0 Å². The van der Waals surface area contributed by atoms with Crippen molar-refractivity contribution >= 4 is 29.1 Å². The molecule has 0 atom stereocenters. The van der Waals surface area contributed by atoms with Gasteiger partial charge in [-0.1, -0.05) is 6.07 Å². The van der Waals surface area contributed by atoms with Crippen LogP contribution in [-0.2, 0) is 4.79 Å². The molecule has 0 spiro atoms. The molecule has 0 bridgehead atoms. The van der Waals surface area contributed by atoms with E-state index in [1.54, 1.807) is 36.0 Å². The van der Waals surface area contributed by atoms with E-state index in [4.69, 9.17) is 0 Å². The molecule has 1 aliphatic rings. The predicted molar refractivity (Wildman–Crippen MR) is 93.3 cm³/mol. The summed E-state index contributed by atoms with van der Waals surface area (Å²) >= 11 is 1.63. The van der Waals surface area contributed by atoms with Crippen molar-refractivity contribution in [2.45, 2.75) is 12.8 Å². The summed E-state index contributed by atoms with van der Waals surface area (Å²) in [5, 5.41) is 5.00. The lowest BCUT2D eigenvalue weighted by molar-refractivity contribution is -0.116. The first-order chi connectivity index (χ1) is 11.3. The number of nitrogens with zero attached hydrogens (tertiary/aromatic N) is 3. The van der Waals surface area contributed by atoms with Crippen LogP contribution in [0.1, 0.15) is 17.7 Å². The van der Waals surface area contributed by atoms with Crippen LogP contribution in [0.2, 0.25) is 0 Å². The summed E-state index contributed by atoms with van der Waals surface area (Å²) in [6.07, 6.45) is 10.8. The van der Waals surface area contributed by atoms with Crippen molar-refractivity contribution in [1.29, 1.82) is 0 Å². The number of nitrogens with one attached hydrogen (secondary N) is 1. The SMILES string of the molecule is O=C(/C=C/c1cccs1)NCC1CCN(c2cnccn2)CC1. The normalized spacial score (nSPS) is 15.9. The van der Waals surface area contributed by atoms with E-state index in [9.17, 15) is 4.79 Å². The first-order valence-corrected chi connectivity index (χ1v) is 8.69.